The van der Waals surface area contributed by atoms with Gasteiger partial charge in [-0.05, 0) is 18.2 Å². The molecular formula is C14H14N2O2. The third kappa shape index (κ3) is 3.65. The van der Waals surface area contributed by atoms with Crippen molar-refractivity contribution in [3.8, 4) is 17.6 Å². The molecule has 0 aliphatic heterocycles. The highest BCUT2D eigenvalue weighted by atomic mass is 16.5. The van der Waals surface area contributed by atoms with Crippen molar-refractivity contribution in [1.29, 1.82) is 0 Å². The maximum atomic E-state index is 8.63. The predicted molar refractivity (Wildman–Crippen MR) is 68.1 cm³/mol. The molecule has 0 saturated carbocycles. The average molecular weight is 242 g/mol. The number of rotatable bonds is 4. The normalized spacial score (nSPS) is 9.61. The Bertz CT molecular complexity index is 538. The Morgan fingerprint density at radius 3 is 3.11 bits per heavy atom. The van der Waals surface area contributed by atoms with E-state index in [4.69, 9.17) is 9.84 Å². The van der Waals surface area contributed by atoms with E-state index in [2.05, 4.69) is 16.8 Å². The lowest BCUT2D eigenvalue weighted by Crippen LogP contribution is -2.06. The Hall–Kier alpha value is -2.25. The predicted octanol–water partition coefficient (Wildman–Crippen LogP) is 1.31. The van der Waals surface area contributed by atoms with Crippen LogP contribution in [0.3, 0.4) is 0 Å². The molecular weight excluding hydrogens is 228 g/mol. The molecule has 0 unspecified atom stereocenters. The summed E-state index contributed by atoms with van der Waals surface area (Å²) in [6.45, 7) is 1.20. The van der Waals surface area contributed by atoms with E-state index in [0.29, 0.717) is 6.61 Å². The van der Waals surface area contributed by atoms with E-state index in [1.807, 2.05) is 35.0 Å². The minimum atomic E-state index is -0.133. The summed E-state index contributed by atoms with van der Waals surface area (Å²) < 4.78 is 7.57. The summed E-state index contributed by atoms with van der Waals surface area (Å²) in [5.41, 5.74) is 0.837. The van der Waals surface area contributed by atoms with Crippen LogP contribution in [0, 0.1) is 11.8 Å². The molecule has 0 bridgehead atoms. The second-order valence-corrected chi connectivity index (χ2v) is 3.64. The van der Waals surface area contributed by atoms with Crippen LogP contribution < -0.4 is 4.74 Å². The number of nitrogens with zero attached hydrogens (tertiary/aromatic N) is 2. The highest BCUT2D eigenvalue weighted by molar-refractivity contribution is 5.39. The van der Waals surface area contributed by atoms with E-state index in [9.17, 15) is 0 Å². The molecule has 0 fully saturated rings. The third-order valence-electron chi connectivity index (χ3n) is 2.32. The van der Waals surface area contributed by atoms with Crippen molar-refractivity contribution in [2.75, 3.05) is 13.2 Å². The number of aliphatic hydroxyl groups is 1. The van der Waals surface area contributed by atoms with Crippen molar-refractivity contribution in [3.63, 3.8) is 0 Å². The second-order valence-electron chi connectivity index (χ2n) is 3.64. The van der Waals surface area contributed by atoms with Gasteiger partial charge in [-0.15, -0.1) is 0 Å². The number of aromatic nitrogens is 2. The van der Waals surface area contributed by atoms with Crippen LogP contribution in [0.4, 0.5) is 0 Å². The fraction of sp³-hybridized carbons (Fsp3) is 0.214. The van der Waals surface area contributed by atoms with Crippen molar-refractivity contribution in [3.05, 3.63) is 48.5 Å². The topological polar surface area (TPSA) is 47.3 Å². The summed E-state index contributed by atoms with van der Waals surface area (Å²) in [5, 5.41) is 8.63. The van der Waals surface area contributed by atoms with Gasteiger partial charge in [0.05, 0.1) is 12.9 Å². The molecule has 1 aromatic heterocycles. The van der Waals surface area contributed by atoms with E-state index in [0.717, 1.165) is 17.9 Å². The van der Waals surface area contributed by atoms with Gasteiger partial charge in [-0.3, -0.25) is 0 Å². The zero-order valence-corrected chi connectivity index (χ0v) is 9.91. The van der Waals surface area contributed by atoms with Gasteiger partial charge in [0.2, 0.25) is 0 Å². The molecule has 0 radical (unpaired) electrons. The summed E-state index contributed by atoms with van der Waals surface area (Å²) in [5.74, 6) is 6.23. The summed E-state index contributed by atoms with van der Waals surface area (Å²) in [6.07, 6.45) is 5.39. The van der Waals surface area contributed by atoms with Gasteiger partial charge >= 0.3 is 0 Å². The monoisotopic (exact) mass is 242 g/mol. The van der Waals surface area contributed by atoms with Crippen molar-refractivity contribution in [2.45, 2.75) is 6.54 Å². The van der Waals surface area contributed by atoms with E-state index in [1.165, 1.54) is 0 Å². The molecule has 0 amide bonds. The minimum Gasteiger partial charge on any atom is -0.492 e. The zero-order chi connectivity index (χ0) is 12.6. The Kier molecular flexibility index (Phi) is 4.39. The quantitative estimate of drug-likeness (QED) is 0.822. The molecule has 0 aliphatic carbocycles. The highest BCUT2D eigenvalue weighted by Gasteiger charge is 1.95. The molecule has 92 valence electrons. The molecule has 2 rings (SSSR count). The lowest BCUT2D eigenvalue weighted by atomic mass is 10.2. The van der Waals surface area contributed by atoms with E-state index in [-0.39, 0.29) is 6.61 Å². The Labute approximate surface area is 106 Å². The van der Waals surface area contributed by atoms with Crippen LogP contribution in [0.25, 0.3) is 0 Å². The first kappa shape index (κ1) is 12.2. The lowest BCUT2D eigenvalue weighted by Gasteiger charge is -2.06. The highest BCUT2D eigenvalue weighted by Crippen LogP contribution is 2.12. The first-order valence-electron chi connectivity index (χ1n) is 5.67. The summed E-state index contributed by atoms with van der Waals surface area (Å²) in [4.78, 5) is 3.96. The van der Waals surface area contributed by atoms with Crippen LogP contribution >= 0.6 is 0 Å². The number of aliphatic hydroxyl groups excluding tert-OH is 1. The average Bonchev–Trinajstić information content (AvgIpc) is 2.90. The summed E-state index contributed by atoms with van der Waals surface area (Å²) in [6, 6.07) is 7.51. The first-order chi connectivity index (χ1) is 8.88. The van der Waals surface area contributed by atoms with Gasteiger partial charge in [-0.2, -0.15) is 0 Å². The van der Waals surface area contributed by atoms with Crippen molar-refractivity contribution >= 4 is 0 Å². The molecule has 18 heavy (non-hydrogen) atoms. The van der Waals surface area contributed by atoms with Gasteiger partial charge in [0.1, 0.15) is 19.0 Å². The standard InChI is InChI=1S/C14H14N2O2/c17-9-2-4-13-3-1-5-14(11-13)18-10-8-16-7-6-15-12-16/h1,3,5-7,11-12,17H,8-10H2. The van der Waals surface area contributed by atoms with E-state index < -0.39 is 0 Å². The van der Waals surface area contributed by atoms with Crippen molar-refractivity contribution in [1.82, 2.24) is 9.55 Å². The fourth-order valence-corrected chi connectivity index (χ4v) is 1.49. The Morgan fingerprint density at radius 1 is 1.39 bits per heavy atom. The number of imidazole rings is 1. The van der Waals surface area contributed by atoms with Gasteiger partial charge < -0.3 is 14.4 Å². The SMILES string of the molecule is OCC#Cc1cccc(OCCn2ccnc2)c1. The molecule has 1 heterocycles. The number of ether oxygens (including phenoxy) is 1. The van der Waals surface area contributed by atoms with E-state index >= 15 is 0 Å². The smallest absolute Gasteiger partial charge is 0.120 e. The van der Waals surface area contributed by atoms with Gasteiger partial charge in [0.25, 0.3) is 0 Å². The molecule has 0 saturated heterocycles. The van der Waals surface area contributed by atoms with Crippen LogP contribution in [-0.2, 0) is 6.54 Å². The number of hydrogen-bond donors (Lipinski definition) is 1. The molecule has 4 heteroatoms. The third-order valence-corrected chi connectivity index (χ3v) is 2.32. The summed E-state index contributed by atoms with van der Waals surface area (Å²) >= 11 is 0. The number of hydrogen-bond acceptors (Lipinski definition) is 3. The van der Waals surface area contributed by atoms with E-state index in [1.54, 1.807) is 12.5 Å². The maximum absolute atomic E-state index is 8.63. The molecule has 1 N–H and O–H groups in total. The fourth-order valence-electron chi connectivity index (χ4n) is 1.49. The van der Waals surface area contributed by atoms with Gasteiger partial charge in [0.15, 0.2) is 0 Å². The van der Waals surface area contributed by atoms with Gasteiger partial charge in [-0.25, -0.2) is 4.98 Å². The van der Waals surface area contributed by atoms with Crippen LogP contribution in [0.2, 0.25) is 0 Å². The largest absolute Gasteiger partial charge is 0.492 e. The lowest BCUT2D eigenvalue weighted by molar-refractivity contribution is 0.298. The second kappa shape index (κ2) is 6.48. The summed E-state index contributed by atoms with van der Waals surface area (Å²) in [7, 11) is 0. The Morgan fingerprint density at radius 2 is 2.33 bits per heavy atom. The van der Waals surface area contributed by atoms with Gasteiger partial charge in [-0.1, -0.05) is 17.9 Å². The van der Waals surface area contributed by atoms with Gasteiger partial charge in [0, 0.05) is 18.0 Å². The van der Waals surface area contributed by atoms with Crippen LogP contribution in [0.15, 0.2) is 43.0 Å². The first-order valence-corrected chi connectivity index (χ1v) is 5.67. The molecule has 0 aliphatic rings. The maximum Gasteiger partial charge on any atom is 0.120 e. The molecule has 1 aromatic carbocycles. The molecule has 0 atom stereocenters. The number of benzene rings is 1. The van der Waals surface area contributed by atoms with Crippen LogP contribution in [-0.4, -0.2) is 27.9 Å². The Balaban J connectivity index is 1.89. The van der Waals surface area contributed by atoms with Crippen LogP contribution in [0.1, 0.15) is 5.56 Å². The van der Waals surface area contributed by atoms with Crippen LogP contribution in [0.5, 0.6) is 5.75 Å². The minimum absolute atomic E-state index is 0.133. The zero-order valence-electron chi connectivity index (χ0n) is 9.91. The molecule has 4 nitrogen and oxygen atoms in total. The van der Waals surface area contributed by atoms with Crippen molar-refractivity contribution < 1.29 is 9.84 Å². The molecule has 2 aromatic rings. The molecule has 0 spiro atoms. The van der Waals surface area contributed by atoms with Crippen molar-refractivity contribution in [2.24, 2.45) is 0 Å².